The Hall–Kier alpha value is -1.46. The van der Waals surface area contributed by atoms with Gasteiger partial charge in [-0.25, -0.2) is 0 Å². The minimum atomic E-state index is -0.741. The number of nitrogens with zero attached hydrogens (tertiary/aromatic N) is 1. The van der Waals surface area contributed by atoms with Gasteiger partial charge in [-0.3, -0.25) is 9.78 Å². The molecule has 0 bridgehead atoms. The van der Waals surface area contributed by atoms with Gasteiger partial charge in [0.1, 0.15) is 0 Å². The van der Waals surface area contributed by atoms with Gasteiger partial charge in [0.15, 0.2) is 0 Å². The lowest BCUT2D eigenvalue weighted by Crippen LogP contribution is -2.31. The Morgan fingerprint density at radius 1 is 1.56 bits per heavy atom. The molecule has 0 saturated carbocycles. The van der Waals surface area contributed by atoms with E-state index in [1.807, 2.05) is 25.1 Å². The number of carbonyl (C=O) groups excluding carboxylic acids is 1. The molecule has 1 aromatic rings. The molecule has 100 valence electrons. The number of rotatable bonds is 7. The molecule has 0 fully saturated rings. The van der Waals surface area contributed by atoms with Crippen molar-refractivity contribution < 1.29 is 14.6 Å². The van der Waals surface area contributed by atoms with Crippen molar-refractivity contribution in [3.05, 3.63) is 30.1 Å². The van der Waals surface area contributed by atoms with Crippen molar-refractivity contribution in [1.82, 2.24) is 10.3 Å². The minimum Gasteiger partial charge on any atom is -0.466 e. The normalized spacial score (nSPS) is 13.9. The maximum absolute atomic E-state index is 11.1. The lowest BCUT2D eigenvalue weighted by Gasteiger charge is -2.16. The molecule has 5 heteroatoms. The van der Waals surface area contributed by atoms with Crippen molar-refractivity contribution >= 4 is 5.97 Å². The summed E-state index contributed by atoms with van der Waals surface area (Å²) >= 11 is 0. The molecular formula is C13H20N2O3. The number of hydrogen-bond donors (Lipinski definition) is 2. The number of carbonyl (C=O) groups is 1. The predicted molar refractivity (Wildman–Crippen MR) is 67.9 cm³/mol. The second kappa shape index (κ2) is 7.79. The first-order chi connectivity index (χ1) is 8.63. The SMILES string of the molecule is CCOC(=O)CC(O)CN[C@H](C)c1ccccn1. The molecule has 1 aromatic heterocycles. The average Bonchev–Trinajstić information content (AvgIpc) is 2.37. The van der Waals surface area contributed by atoms with Crippen LogP contribution in [0.4, 0.5) is 0 Å². The van der Waals surface area contributed by atoms with Gasteiger partial charge in [-0.15, -0.1) is 0 Å². The summed E-state index contributed by atoms with van der Waals surface area (Å²) in [6, 6.07) is 5.71. The number of aromatic nitrogens is 1. The molecule has 0 aliphatic rings. The van der Waals surface area contributed by atoms with Gasteiger partial charge >= 0.3 is 5.97 Å². The Kier molecular flexibility index (Phi) is 6.32. The first kappa shape index (κ1) is 14.6. The number of esters is 1. The lowest BCUT2D eigenvalue weighted by atomic mass is 10.2. The molecule has 1 rings (SSSR count). The van der Waals surface area contributed by atoms with Crippen LogP contribution in [0.5, 0.6) is 0 Å². The molecule has 0 aromatic carbocycles. The number of aliphatic hydroxyl groups excluding tert-OH is 1. The predicted octanol–water partition coefficient (Wildman–Crippen LogP) is 1.05. The van der Waals surface area contributed by atoms with E-state index < -0.39 is 6.10 Å². The Balaban J connectivity index is 2.30. The second-order valence-corrected chi connectivity index (χ2v) is 4.05. The Labute approximate surface area is 107 Å². The molecule has 0 aliphatic heterocycles. The Morgan fingerprint density at radius 3 is 2.94 bits per heavy atom. The van der Waals surface area contributed by atoms with E-state index in [9.17, 15) is 9.90 Å². The van der Waals surface area contributed by atoms with Crippen LogP contribution in [0.1, 0.15) is 32.0 Å². The van der Waals surface area contributed by atoms with Crippen molar-refractivity contribution in [3.63, 3.8) is 0 Å². The van der Waals surface area contributed by atoms with Crippen LogP contribution in [0.15, 0.2) is 24.4 Å². The van der Waals surface area contributed by atoms with Gasteiger partial charge in [0, 0.05) is 18.8 Å². The number of ether oxygens (including phenoxy) is 1. The standard InChI is InChI=1S/C13H20N2O3/c1-3-18-13(17)8-11(16)9-15-10(2)12-6-4-5-7-14-12/h4-7,10-11,15-16H,3,8-9H2,1-2H3/t10-,11?/m1/s1. The molecule has 1 unspecified atom stereocenters. The summed E-state index contributed by atoms with van der Waals surface area (Å²) in [6.07, 6.45) is 0.994. The van der Waals surface area contributed by atoms with E-state index in [1.54, 1.807) is 13.1 Å². The number of nitrogens with one attached hydrogen (secondary N) is 1. The average molecular weight is 252 g/mol. The van der Waals surface area contributed by atoms with E-state index in [1.165, 1.54) is 0 Å². The highest BCUT2D eigenvalue weighted by Crippen LogP contribution is 2.07. The van der Waals surface area contributed by atoms with Gasteiger partial charge in [-0.1, -0.05) is 6.07 Å². The first-order valence-corrected chi connectivity index (χ1v) is 6.11. The summed E-state index contributed by atoms with van der Waals surface area (Å²) in [6.45, 7) is 4.37. The van der Waals surface area contributed by atoms with E-state index in [0.29, 0.717) is 13.2 Å². The number of hydrogen-bond acceptors (Lipinski definition) is 5. The van der Waals surface area contributed by atoms with Gasteiger partial charge in [-0.05, 0) is 26.0 Å². The summed E-state index contributed by atoms with van der Waals surface area (Å²) in [7, 11) is 0. The third kappa shape index (κ3) is 5.25. The molecule has 1 heterocycles. The van der Waals surface area contributed by atoms with Crippen molar-refractivity contribution in [2.45, 2.75) is 32.4 Å². The molecule has 18 heavy (non-hydrogen) atoms. The van der Waals surface area contributed by atoms with Crippen LogP contribution in [0, 0.1) is 0 Å². The quantitative estimate of drug-likeness (QED) is 0.710. The fourth-order valence-electron chi connectivity index (χ4n) is 1.53. The zero-order valence-electron chi connectivity index (χ0n) is 10.8. The first-order valence-electron chi connectivity index (χ1n) is 6.11. The van der Waals surface area contributed by atoms with E-state index >= 15 is 0 Å². The fourth-order valence-corrected chi connectivity index (χ4v) is 1.53. The van der Waals surface area contributed by atoms with E-state index in [4.69, 9.17) is 4.74 Å². The van der Waals surface area contributed by atoms with Crippen LogP contribution >= 0.6 is 0 Å². The van der Waals surface area contributed by atoms with Crippen molar-refractivity contribution in [1.29, 1.82) is 0 Å². The molecule has 0 amide bonds. The molecular weight excluding hydrogens is 232 g/mol. The molecule has 0 radical (unpaired) electrons. The van der Waals surface area contributed by atoms with E-state index in [-0.39, 0.29) is 18.4 Å². The lowest BCUT2D eigenvalue weighted by molar-refractivity contribution is -0.145. The molecule has 0 aliphatic carbocycles. The zero-order chi connectivity index (χ0) is 13.4. The van der Waals surface area contributed by atoms with Crippen LogP contribution in [-0.2, 0) is 9.53 Å². The van der Waals surface area contributed by atoms with Crippen molar-refractivity contribution in [2.24, 2.45) is 0 Å². The molecule has 0 spiro atoms. The van der Waals surface area contributed by atoms with E-state index in [2.05, 4.69) is 10.3 Å². The maximum Gasteiger partial charge on any atom is 0.308 e. The topological polar surface area (TPSA) is 71.5 Å². The third-order valence-corrected chi connectivity index (χ3v) is 2.50. The van der Waals surface area contributed by atoms with Crippen molar-refractivity contribution in [3.8, 4) is 0 Å². The van der Waals surface area contributed by atoms with Crippen LogP contribution in [-0.4, -0.2) is 35.3 Å². The molecule has 5 nitrogen and oxygen atoms in total. The van der Waals surface area contributed by atoms with Gasteiger partial charge in [-0.2, -0.15) is 0 Å². The molecule has 2 atom stereocenters. The van der Waals surface area contributed by atoms with Crippen LogP contribution in [0.2, 0.25) is 0 Å². The summed E-state index contributed by atoms with van der Waals surface area (Å²) in [5.74, 6) is -0.378. The summed E-state index contributed by atoms with van der Waals surface area (Å²) < 4.78 is 4.76. The molecule has 0 saturated heterocycles. The summed E-state index contributed by atoms with van der Waals surface area (Å²) in [4.78, 5) is 15.4. The van der Waals surface area contributed by atoms with Gasteiger partial charge in [0.25, 0.3) is 0 Å². The number of aliphatic hydroxyl groups is 1. The van der Waals surface area contributed by atoms with Crippen molar-refractivity contribution in [2.75, 3.05) is 13.2 Å². The van der Waals surface area contributed by atoms with Crippen LogP contribution < -0.4 is 5.32 Å². The van der Waals surface area contributed by atoms with E-state index in [0.717, 1.165) is 5.69 Å². The largest absolute Gasteiger partial charge is 0.466 e. The highest BCUT2D eigenvalue weighted by atomic mass is 16.5. The highest BCUT2D eigenvalue weighted by Gasteiger charge is 2.13. The van der Waals surface area contributed by atoms with Crippen LogP contribution in [0.25, 0.3) is 0 Å². The minimum absolute atomic E-state index is 0.00970. The Morgan fingerprint density at radius 2 is 2.33 bits per heavy atom. The maximum atomic E-state index is 11.1. The monoisotopic (exact) mass is 252 g/mol. The van der Waals surface area contributed by atoms with Gasteiger partial charge in [0.05, 0.1) is 24.8 Å². The number of pyridine rings is 1. The highest BCUT2D eigenvalue weighted by molar-refractivity contribution is 5.69. The second-order valence-electron chi connectivity index (χ2n) is 4.05. The van der Waals surface area contributed by atoms with Crippen LogP contribution in [0.3, 0.4) is 0 Å². The smallest absolute Gasteiger partial charge is 0.308 e. The summed E-state index contributed by atoms with van der Waals surface area (Å²) in [5, 5.41) is 12.8. The Bertz CT molecular complexity index is 357. The molecule has 2 N–H and O–H groups in total. The summed E-state index contributed by atoms with van der Waals surface area (Å²) in [5.41, 5.74) is 0.904. The van der Waals surface area contributed by atoms with Gasteiger partial charge in [0.2, 0.25) is 0 Å². The fraction of sp³-hybridized carbons (Fsp3) is 0.538. The van der Waals surface area contributed by atoms with Gasteiger partial charge < -0.3 is 15.2 Å². The zero-order valence-corrected chi connectivity index (χ0v) is 10.8. The third-order valence-electron chi connectivity index (χ3n) is 2.50.